The van der Waals surface area contributed by atoms with Crippen molar-refractivity contribution in [2.75, 3.05) is 117 Å². The molecule has 0 aromatic heterocycles. The van der Waals surface area contributed by atoms with Crippen LogP contribution in [0.25, 0.3) is 43.1 Å². The van der Waals surface area contributed by atoms with Crippen LogP contribution in [0.1, 0.15) is 64.2 Å². The minimum absolute atomic E-state index is 0.0118. The lowest BCUT2D eigenvalue weighted by Gasteiger charge is -2.53. The van der Waals surface area contributed by atoms with Crippen LogP contribution in [-0.4, -0.2) is 152 Å². The molecule has 0 atom stereocenters. The number of aromatic hydroxyl groups is 2. The predicted molar refractivity (Wildman–Crippen MR) is 413 cm³/mol. The standard InChI is InChI=1S/C26H31O3S.C17H18F3OS.C16H16F3O2S.C14H14O2S.C10H12O2S/c27-25(29-26-19-12-17-11-18(14-19)15-20(26)13-17)16-28-23-7-8-24(30-9-3-4-10-30)22-6-2-1-5-21(22)23;18-17(19,20)12-21-15-8-9-16(22-10-4-1-5-11-22)14-7-3-2-6-13(14)15;17-16(18,19)11-21-14-5-6-15(22-9-7-20-8-10-22)13-4-2-1-3-12(13)14;15-13-5-6-14(17-9-7-16-8-10-17)12-4-2-1-3-11(12)13;11-9-1-3-10(4-2-9)13-7-5-12-6-8-13/h1-2,5-8,17-20,26H,3-4,9-16H2;2-3,6-9H,1,4-5,10-12H2;1-6H,7-11H2;1-6H,7-10H2;1-4H,5-8H2/q3*+1;;/p+2. The molecule has 552 valence electrons. The normalized spacial score (nSPS) is 21.7. The quantitative estimate of drug-likeness (QED) is 0.0655. The summed E-state index contributed by atoms with van der Waals surface area (Å²) in [6, 6.07) is 54.7. The summed E-state index contributed by atoms with van der Waals surface area (Å²) in [5.74, 6) is 16.3. The molecule has 5 saturated heterocycles. The van der Waals surface area contributed by atoms with Crippen molar-refractivity contribution in [2.24, 2.45) is 23.7 Å². The highest BCUT2D eigenvalue weighted by Crippen LogP contribution is 2.55. The van der Waals surface area contributed by atoms with Gasteiger partial charge in [0.05, 0.1) is 39.6 Å². The van der Waals surface area contributed by atoms with Gasteiger partial charge in [-0.15, -0.1) is 0 Å². The summed E-state index contributed by atoms with van der Waals surface area (Å²) < 4.78 is 112. The van der Waals surface area contributed by atoms with E-state index in [4.69, 9.17) is 38.3 Å². The molecule has 0 amide bonds. The lowest BCUT2D eigenvalue weighted by Crippen LogP contribution is -2.50. The van der Waals surface area contributed by atoms with Crippen molar-refractivity contribution in [1.82, 2.24) is 0 Å². The molecule has 21 heteroatoms. The Bertz CT molecular complexity index is 4140. The Morgan fingerprint density at radius 3 is 1.12 bits per heavy atom. The molecule has 0 unspecified atom stereocenters. The Morgan fingerprint density at radius 1 is 0.375 bits per heavy atom. The third-order valence-corrected chi connectivity index (χ3v) is 32.4. The highest BCUT2D eigenvalue weighted by molar-refractivity contribution is 7.98. The Morgan fingerprint density at radius 2 is 0.712 bits per heavy atom. The molecular weight excluding hydrogens is 1430 g/mol. The van der Waals surface area contributed by atoms with Gasteiger partial charge in [-0.3, -0.25) is 0 Å². The smallest absolute Gasteiger partial charge is 0.422 e. The number of carbonyl (C=O) groups is 1. The number of alkyl halides is 6. The number of hydrogen-bond donors (Lipinski definition) is 2. The van der Waals surface area contributed by atoms with E-state index >= 15 is 0 Å². The Balaban J connectivity index is 0.000000119. The molecule has 0 radical (unpaired) electrons. The maximum atomic E-state index is 12.7. The summed E-state index contributed by atoms with van der Waals surface area (Å²) in [5.41, 5.74) is 0. The number of phenols is 2. The summed E-state index contributed by atoms with van der Waals surface area (Å²) in [4.78, 5) is 19.3. The number of ether oxygens (including phenoxy) is 7. The SMILES string of the molecule is FC(F)(F)COc1ccc([S+]2CCCCC2)c2ccccc12.FC(F)(F)COc1ccc([S+]2CCOCC2)c2ccccc12.O=C(COc1ccc([S+]2CCCC2)c2ccccc12)OC1C2CC3CC(C2)CC1C3.Oc1ccc([S+]2CCOCC2)c2ccccc12.Oc1ccc([S+]2CCOCC2)cc1. The van der Waals surface area contributed by atoms with Crippen molar-refractivity contribution in [3.8, 4) is 28.7 Å². The number of fused-ring (bicyclic) bond motifs is 4. The maximum absolute atomic E-state index is 12.7. The van der Waals surface area contributed by atoms with Crippen molar-refractivity contribution < 1.29 is 74.5 Å². The fourth-order valence-corrected chi connectivity index (χ4v) is 26.8. The molecule has 4 saturated carbocycles. The number of rotatable bonds is 13. The van der Waals surface area contributed by atoms with Crippen molar-refractivity contribution in [2.45, 2.75) is 107 Å². The molecule has 9 aliphatic rings. The molecule has 4 aliphatic carbocycles. The summed E-state index contributed by atoms with van der Waals surface area (Å²) in [6.07, 6.45) is 4.41. The zero-order chi connectivity index (χ0) is 72.0. The van der Waals surface area contributed by atoms with Crippen LogP contribution in [0.2, 0.25) is 0 Å². The van der Waals surface area contributed by atoms with Crippen molar-refractivity contribution >= 4 is 104 Å². The van der Waals surface area contributed by atoms with Gasteiger partial charge < -0.3 is 43.4 Å². The minimum Gasteiger partial charge on any atom is -0.508 e. The van der Waals surface area contributed by atoms with Gasteiger partial charge in [0, 0.05) is 97.6 Å². The van der Waals surface area contributed by atoms with Crippen LogP contribution in [0.3, 0.4) is 0 Å². The number of esters is 1. The molecule has 9 aromatic rings. The second-order valence-corrected chi connectivity index (χ2v) is 38.8. The molecular formula is C83H93F6O10S5+5. The molecule has 104 heavy (non-hydrogen) atoms. The van der Waals surface area contributed by atoms with Crippen LogP contribution in [0.4, 0.5) is 26.3 Å². The van der Waals surface area contributed by atoms with Crippen LogP contribution < -0.4 is 14.2 Å². The van der Waals surface area contributed by atoms with Gasteiger partial charge in [0.1, 0.15) is 92.4 Å². The minimum atomic E-state index is -4.33. The summed E-state index contributed by atoms with van der Waals surface area (Å²) in [6.45, 7) is 2.45. The molecule has 0 spiro atoms. The first-order valence-electron chi connectivity index (χ1n) is 36.4. The number of hydrogen-bond acceptors (Lipinski definition) is 10. The average molecular weight is 1520 g/mol. The molecule has 9 aromatic carbocycles. The van der Waals surface area contributed by atoms with Crippen molar-refractivity contribution in [3.05, 3.63) is 170 Å². The van der Waals surface area contributed by atoms with Crippen LogP contribution in [-0.2, 0) is 78.2 Å². The number of phenolic OH excluding ortho intramolecular Hbond substituents is 2. The number of halogens is 6. The van der Waals surface area contributed by atoms with Gasteiger partial charge in [0.2, 0.25) is 0 Å². The topological polar surface area (TPSA) is 122 Å². The van der Waals surface area contributed by atoms with Crippen LogP contribution >= 0.6 is 0 Å². The zero-order valence-corrected chi connectivity index (χ0v) is 62.6. The third-order valence-electron chi connectivity index (χ3n) is 20.5. The molecule has 10 nitrogen and oxygen atoms in total. The zero-order valence-electron chi connectivity index (χ0n) is 58.5. The third kappa shape index (κ3) is 19.9. The number of benzene rings is 9. The van der Waals surface area contributed by atoms with Crippen LogP contribution in [0, 0.1) is 23.7 Å². The van der Waals surface area contributed by atoms with E-state index < -0.39 is 25.6 Å². The van der Waals surface area contributed by atoms with E-state index in [0.29, 0.717) is 50.9 Å². The molecule has 4 bridgehead atoms. The monoisotopic (exact) mass is 1520 g/mol. The van der Waals surface area contributed by atoms with E-state index in [-0.39, 0.29) is 57.1 Å². The van der Waals surface area contributed by atoms with E-state index in [1.807, 2.05) is 97.1 Å². The number of carbonyl (C=O) groups excluding carboxylic acids is 1. The molecule has 5 heterocycles. The maximum Gasteiger partial charge on any atom is 0.422 e. The lowest BCUT2D eigenvalue weighted by atomic mass is 9.55. The van der Waals surface area contributed by atoms with Gasteiger partial charge in [0.25, 0.3) is 0 Å². The second-order valence-electron chi connectivity index (χ2n) is 27.5. The van der Waals surface area contributed by atoms with E-state index in [1.165, 1.54) is 122 Å². The first kappa shape index (κ1) is 75.9. The molecule has 18 rings (SSSR count). The van der Waals surface area contributed by atoms with E-state index in [9.17, 15) is 36.2 Å². The molecule has 2 N–H and O–H groups in total. The average Bonchev–Trinajstić information content (AvgIpc) is 0.987. The Hall–Kier alpha value is -6.30. The first-order valence-corrected chi connectivity index (χ1v) is 44.2. The van der Waals surface area contributed by atoms with Crippen molar-refractivity contribution in [1.29, 1.82) is 0 Å². The molecule has 5 aliphatic heterocycles. The van der Waals surface area contributed by atoms with Crippen LogP contribution in [0.15, 0.2) is 194 Å². The van der Waals surface area contributed by atoms with Gasteiger partial charge in [-0.05, 0) is 185 Å². The summed E-state index contributed by atoms with van der Waals surface area (Å²) in [7, 11) is 1.28. The van der Waals surface area contributed by atoms with Gasteiger partial charge in [0.15, 0.2) is 44.3 Å². The fourth-order valence-electron chi connectivity index (χ4n) is 15.9. The Labute approximate surface area is 620 Å². The van der Waals surface area contributed by atoms with Crippen LogP contribution in [0.5, 0.6) is 28.7 Å². The highest BCUT2D eigenvalue weighted by atomic mass is 32.2. The van der Waals surface area contributed by atoms with E-state index in [2.05, 4.69) is 48.5 Å². The Kier molecular flexibility index (Phi) is 26.3. The summed E-state index contributed by atoms with van der Waals surface area (Å²) in [5, 5.41) is 27.1. The van der Waals surface area contributed by atoms with Gasteiger partial charge in [-0.1, -0.05) is 72.8 Å². The van der Waals surface area contributed by atoms with Gasteiger partial charge >= 0.3 is 18.3 Å². The largest absolute Gasteiger partial charge is 0.508 e. The first-order chi connectivity index (χ1) is 50.6. The second kappa shape index (κ2) is 36.1. The molecule has 9 fully saturated rings. The van der Waals surface area contributed by atoms with E-state index in [1.54, 1.807) is 24.3 Å². The summed E-state index contributed by atoms with van der Waals surface area (Å²) >= 11 is 0. The highest BCUT2D eigenvalue weighted by Gasteiger charge is 2.50. The van der Waals surface area contributed by atoms with Crippen molar-refractivity contribution in [3.63, 3.8) is 0 Å². The van der Waals surface area contributed by atoms with Gasteiger partial charge in [-0.25, -0.2) is 4.79 Å². The predicted octanol–water partition coefficient (Wildman–Crippen LogP) is 18.0. The van der Waals surface area contributed by atoms with E-state index in [0.717, 1.165) is 124 Å². The van der Waals surface area contributed by atoms with Gasteiger partial charge in [-0.2, -0.15) is 26.3 Å². The fraction of sp³-hybridized carbons (Fsp3) is 0.434. The lowest BCUT2D eigenvalue weighted by molar-refractivity contribution is -0.172.